The van der Waals surface area contributed by atoms with Gasteiger partial charge in [0.15, 0.2) is 5.70 Å². The first-order chi connectivity index (χ1) is 14.1. The Kier molecular flexibility index (Phi) is 5.76. The molecule has 0 aromatic heterocycles. The lowest BCUT2D eigenvalue weighted by Crippen LogP contribution is -2.05. The Bertz CT molecular complexity index is 1100. The Morgan fingerprint density at radius 2 is 1.72 bits per heavy atom. The van der Waals surface area contributed by atoms with E-state index in [0.717, 1.165) is 28.0 Å². The lowest BCUT2D eigenvalue weighted by molar-refractivity contribution is -0.129. The Morgan fingerprint density at radius 1 is 1.00 bits per heavy atom. The van der Waals surface area contributed by atoms with Gasteiger partial charge in [-0.05, 0) is 71.5 Å². The molecule has 0 saturated heterocycles. The number of halogens is 1. The first-order valence-electron chi connectivity index (χ1n) is 9.14. The van der Waals surface area contributed by atoms with Gasteiger partial charge in [0.2, 0.25) is 5.90 Å². The van der Waals surface area contributed by atoms with Crippen molar-refractivity contribution in [3.63, 3.8) is 0 Å². The minimum atomic E-state index is -0.445. The van der Waals surface area contributed by atoms with Gasteiger partial charge in [0.1, 0.15) is 12.4 Å². The van der Waals surface area contributed by atoms with Gasteiger partial charge in [-0.1, -0.05) is 48.0 Å². The predicted molar refractivity (Wildman–Crippen MR) is 122 cm³/mol. The Hall–Kier alpha value is -2.93. The third-order valence-corrected chi connectivity index (χ3v) is 5.51. The highest BCUT2D eigenvalue weighted by atomic mass is 127. The molecule has 5 heteroatoms. The summed E-state index contributed by atoms with van der Waals surface area (Å²) in [6.45, 7) is 2.52. The van der Waals surface area contributed by atoms with Gasteiger partial charge in [-0.3, -0.25) is 0 Å². The van der Waals surface area contributed by atoms with Crippen LogP contribution in [0.3, 0.4) is 0 Å². The lowest BCUT2D eigenvalue weighted by Gasteiger charge is -2.08. The van der Waals surface area contributed by atoms with Crippen LogP contribution < -0.4 is 4.74 Å². The number of esters is 1. The molecule has 0 aliphatic carbocycles. The third-order valence-electron chi connectivity index (χ3n) is 4.45. The van der Waals surface area contributed by atoms with Gasteiger partial charge in [-0.15, -0.1) is 0 Å². The zero-order chi connectivity index (χ0) is 20.2. The zero-order valence-corrected chi connectivity index (χ0v) is 17.9. The molecule has 4 rings (SSSR count). The van der Waals surface area contributed by atoms with Crippen molar-refractivity contribution >= 4 is 40.5 Å². The van der Waals surface area contributed by atoms with Crippen LogP contribution in [-0.2, 0) is 16.1 Å². The molecule has 1 aliphatic heterocycles. The summed E-state index contributed by atoms with van der Waals surface area (Å²) in [5.41, 5.74) is 4.21. The quantitative estimate of drug-likeness (QED) is 0.266. The number of rotatable bonds is 5. The van der Waals surface area contributed by atoms with Crippen LogP contribution in [-0.4, -0.2) is 11.9 Å². The zero-order valence-electron chi connectivity index (χ0n) is 15.8. The molecule has 0 spiro atoms. The van der Waals surface area contributed by atoms with Gasteiger partial charge in [0.25, 0.3) is 0 Å². The average Bonchev–Trinajstić information content (AvgIpc) is 3.09. The van der Waals surface area contributed by atoms with Gasteiger partial charge < -0.3 is 9.47 Å². The third kappa shape index (κ3) is 4.74. The van der Waals surface area contributed by atoms with E-state index >= 15 is 0 Å². The molecule has 0 unspecified atom stereocenters. The van der Waals surface area contributed by atoms with E-state index in [0.29, 0.717) is 12.5 Å². The molecular formula is C24H18INO3. The van der Waals surface area contributed by atoms with E-state index in [1.54, 1.807) is 6.08 Å². The smallest absolute Gasteiger partial charge is 0.363 e. The SMILES string of the molecule is Cc1ccc(C2=N/C(=C\c3ccc(OCc4ccccc4I)cc3)C(=O)O2)cc1. The largest absolute Gasteiger partial charge is 0.489 e. The van der Waals surface area contributed by atoms with E-state index in [-0.39, 0.29) is 5.70 Å². The number of hydrogen-bond acceptors (Lipinski definition) is 4. The Labute approximate surface area is 183 Å². The minimum Gasteiger partial charge on any atom is -0.489 e. The summed E-state index contributed by atoms with van der Waals surface area (Å²) in [6, 6.07) is 23.4. The Balaban J connectivity index is 1.46. The molecule has 0 N–H and O–H groups in total. The highest BCUT2D eigenvalue weighted by Gasteiger charge is 2.23. The monoisotopic (exact) mass is 495 g/mol. The number of hydrogen-bond donors (Lipinski definition) is 0. The summed E-state index contributed by atoms with van der Waals surface area (Å²) in [5.74, 6) is 0.655. The van der Waals surface area contributed by atoms with Crippen LogP contribution in [0.4, 0.5) is 0 Å². The van der Waals surface area contributed by atoms with Gasteiger partial charge in [0, 0.05) is 14.7 Å². The van der Waals surface area contributed by atoms with Crippen LogP contribution in [0.25, 0.3) is 6.08 Å². The number of aliphatic imine (C=N–C) groups is 1. The summed E-state index contributed by atoms with van der Waals surface area (Å²) >= 11 is 2.30. The molecule has 0 radical (unpaired) electrons. The summed E-state index contributed by atoms with van der Waals surface area (Å²) in [5, 5.41) is 0. The number of aryl methyl sites for hydroxylation is 1. The van der Waals surface area contributed by atoms with Crippen molar-refractivity contribution in [2.75, 3.05) is 0 Å². The predicted octanol–water partition coefficient (Wildman–Crippen LogP) is 5.52. The first-order valence-corrected chi connectivity index (χ1v) is 10.2. The van der Waals surface area contributed by atoms with Crippen LogP contribution in [0, 0.1) is 10.5 Å². The molecule has 144 valence electrons. The molecule has 1 heterocycles. The van der Waals surface area contributed by atoms with Crippen LogP contribution in [0.2, 0.25) is 0 Å². The molecule has 3 aromatic carbocycles. The fourth-order valence-corrected chi connectivity index (χ4v) is 3.37. The molecular weight excluding hydrogens is 477 g/mol. The minimum absolute atomic E-state index is 0.285. The second-order valence-corrected chi connectivity index (χ2v) is 7.81. The van der Waals surface area contributed by atoms with Crippen LogP contribution in [0.5, 0.6) is 5.75 Å². The van der Waals surface area contributed by atoms with Crippen molar-refractivity contribution in [2.24, 2.45) is 4.99 Å². The van der Waals surface area contributed by atoms with Crippen LogP contribution in [0.15, 0.2) is 83.5 Å². The maximum absolute atomic E-state index is 12.2. The van der Waals surface area contributed by atoms with E-state index in [9.17, 15) is 4.79 Å². The Morgan fingerprint density at radius 3 is 2.45 bits per heavy atom. The molecule has 0 bridgehead atoms. The number of carbonyl (C=O) groups excluding carboxylic acids is 1. The molecule has 1 aliphatic rings. The summed E-state index contributed by atoms with van der Waals surface area (Å²) in [7, 11) is 0. The maximum Gasteiger partial charge on any atom is 0.363 e. The standard InChI is InChI=1S/C24H18INO3/c1-16-6-10-18(11-7-16)23-26-22(24(27)29-23)14-17-8-12-20(13-9-17)28-15-19-4-2-3-5-21(19)25/h2-14H,15H2,1H3/b22-14-. The molecule has 0 fully saturated rings. The van der Waals surface area contributed by atoms with E-state index in [1.165, 1.54) is 3.57 Å². The normalized spacial score (nSPS) is 14.6. The number of ether oxygens (including phenoxy) is 2. The first kappa shape index (κ1) is 19.4. The highest BCUT2D eigenvalue weighted by Crippen LogP contribution is 2.22. The number of nitrogens with zero attached hydrogens (tertiary/aromatic N) is 1. The number of carbonyl (C=O) groups is 1. The molecule has 3 aromatic rings. The second-order valence-electron chi connectivity index (χ2n) is 6.65. The highest BCUT2D eigenvalue weighted by molar-refractivity contribution is 14.1. The van der Waals surface area contributed by atoms with Crippen molar-refractivity contribution < 1.29 is 14.3 Å². The van der Waals surface area contributed by atoms with Crippen molar-refractivity contribution in [2.45, 2.75) is 13.5 Å². The lowest BCUT2D eigenvalue weighted by atomic mass is 10.1. The molecule has 29 heavy (non-hydrogen) atoms. The van der Waals surface area contributed by atoms with E-state index in [2.05, 4.69) is 39.7 Å². The fraction of sp³-hybridized carbons (Fsp3) is 0.0833. The summed E-state index contributed by atoms with van der Waals surface area (Å²) in [6.07, 6.45) is 1.72. The summed E-state index contributed by atoms with van der Waals surface area (Å²) < 4.78 is 12.3. The average molecular weight is 495 g/mol. The van der Waals surface area contributed by atoms with E-state index in [4.69, 9.17) is 9.47 Å². The van der Waals surface area contributed by atoms with Gasteiger partial charge in [-0.2, -0.15) is 0 Å². The van der Waals surface area contributed by atoms with Crippen LogP contribution in [0.1, 0.15) is 22.3 Å². The second kappa shape index (κ2) is 8.61. The maximum atomic E-state index is 12.2. The molecule has 0 saturated carbocycles. The van der Waals surface area contributed by atoms with Crippen molar-refractivity contribution in [1.82, 2.24) is 0 Å². The van der Waals surface area contributed by atoms with Gasteiger partial charge in [0.05, 0.1) is 0 Å². The van der Waals surface area contributed by atoms with E-state index < -0.39 is 5.97 Å². The van der Waals surface area contributed by atoms with Gasteiger partial charge >= 0.3 is 5.97 Å². The number of cyclic esters (lactones) is 1. The number of benzene rings is 3. The fourth-order valence-electron chi connectivity index (χ4n) is 2.82. The topological polar surface area (TPSA) is 47.9 Å². The molecule has 4 nitrogen and oxygen atoms in total. The van der Waals surface area contributed by atoms with Crippen molar-refractivity contribution in [3.05, 3.63) is 104 Å². The van der Waals surface area contributed by atoms with Crippen LogP contribution >= 0.6 is 22.6 Å². The van der Waals surface area contributed by atoms with E-state index in [1.807, 2.05) is 67.6 Å². The molecule has 0 amide bonds. The molecule has 0 atom stereocenters. The summed E-state index contributed by atoms with van der Waals surface area (Å²) in [4.78, 5) is 16.5. The van der Waals surface area contributed by atoms with Crippen molar-refractivity contribution in [1.29, 1.82) is 0 Å². The van der Waals surface area contributed by atoms with Gasteiger partial charge in [-0.25, -0.2) is 9.79 Å². The van der Waals surface area contributed by atoms with Crippen molar-refractivity contribution in [3.8, 4) is 5.75 Å².